The van der Waals surface area contributed by atoms with Crippen LogP contribution >= 0.6 is 0 Å². The number of guanidine groups is 1. The van der Waals surface area contributed by atoms with Crippen molar-refractivity contribution in [2.75, 3.05) is 20.7 Å². The number of rotatable bonds is 3. The van der Waals surface area contributed by atoms with Crippen LogP contribution in [0.25, 0.3) is 11.0 Å². The molecule has 2 aromatic rings. The zero-order chi connectivity index (χ0) is 17.6. The molecule has 4 rings (SSSR count). The van der Waals surface area contributed by atoms with E-state index in [2.05, 4.69) is 48.2 Å². The second-order valence-corrected chi connectivity index (χ2v) is 7.84. The zero-order valence-electron chi connectivity index (χ0n) is 15.5. The van der Waals surface area contributed by atoms with Crippen molar-refractivity contribution >= 4 is 16.9 Å². The summed E-state index contributed by atoms with van der Waals surface area (Å²) in [6.45, 7) is 6.13. The molecule has 1 aromatic carbocycles. The van der Waals surface area contributed by atoms with E-state index in [1.54, 1.807) is 0 Å². The number of ether oxygens (including phenoxy) is 1. The lowest BCUT2D eigenvalue weighted by Gasteiger charge is -2.55. The van der Waals surface area contributed by atoms with Crippen molar-refractivity contribution in [1.29, 1.82) is 0 Å². The van der Waals surface area contributed by atoms with Crippen LogP contribution < -0.4 is 5.32 Å². The number of furan rings is 1. The first kappa shape index (κ1) is 16.5. The van der Waals surface area contributed by atoms with Crippen LogP contribution in [0.3, 0.4) is 0 Å². The molecule has 1 aromatic heterocycles. The highest BCUT2D eigenvalue weighted by atomic mass is 16.5. The summed E-state index contributed by atoms with van der Waals surface area (Å²) < 4.78 is 11.8. The Bertz CT molecular complexity index is 762. The quantitative estimate of drug-likeness (QED) is 0.688. The Hall–Kier alpha value is -2.01. The minimum absolute atomic E-state index is 0.136. The highest BCUT2D eigenvalue weighted by Gasteiger charge is 2.59. The van der Waals surface area contributed by atoms with Gasteiger partial charge in [-0.15, -0.1) is 0 Å². The molecule has 5 nitrogen and oxygen atoms in total. The Morgan fingerprint density at radius 3 is 2.92 bits per heavy atom. The first-order valence-electron chi connectivity index (χ1n) is 9.04. The van der Waals surface area contributed by atoms with Gasteiger partial charge >= 0.3 is 0 Å². The fourth-order valence-corrected chi connectivity index (χ4v) is 4.53. The smallest absolute Gasteiger partial charge is 0.194 e. The van der Waals surface area contributed by atoms with Crippen molar-refractivity contribution in [1.82, 2.24) is 10.2 Å². The Labute approximate surface area is 149 Å². The van der Waals surface area contributed by atoms with Crippen molar-refractivity contribution in [3.8, 4) is 0 Å². The van der Waals surface area contributed by atoms with E-state index in [0.29, 0.717) is 24.6 Å². The minimum atomic E-state index is 0.136. The highest BCUT2D eigenvalue weighted by Crippen LogP contribution is 2.52. The maximum absolute atomic E-state index is 5.94. The molecule has 1 aliphatic heterocycles. The standard InChI is InChI=1S/C20H27N3O2/c1-20(2)17(15-9-10-24-18(15)20)22-19(21-3)23(4)12-14-11-13-7-5-6-8-16(13)25-14/h5-8,11,15,17-18H,9-10,12H2,1-4H3,(H,21,22). The number of hydrogen-bond donors (Lipinski definition) is 1. The maximum Gasteiger partial charge on any atom is 0.194 e. The molecule has 2 fully saturated rings. The SMILES string of the molecule is CN=C(NC1C2CCOC2C1(C)C)N(C)Cc1cc2ccccc2o1. The van der Waals surface area contributed by atoms with Gasteiger partial charge in [0, 0.05) is 43.5 Å². The number of aliphatic imine (C=N–C) groups is 1. The van der Waals surface area contributed by atoms with Gasteiger partial charge in [0.1, 0.15) is 11.3 Å². The van der Waals surface area contributed by atoms with Crippen molar-refractivity contribution in [3.05, 3.63) is 36.1 Å². The number of para-hydroxylation sites is 1. The second-order valence-electron chi connectivity index (χ2n) is 7.84. The first-order chi connectivity index (χ1) is 12.0. The molecular formula is C20H27N3O2. The number of nitrogens with zero attached hydrogens (tertiary/aromatic N) is 2. The fourth-order valence-electron chi connectivity index (χ4n) is 4.53. The molecule has 0 radical (unpaired) electrons. The van der Waals surface area contributed by atoms with Gasteiger partial charge in [0.05, 0.1) is 12.6 Å². The Balaban J connectivity index is 1.45. The van der Waals surface area contributed by atoms with Gasteiger partial charge in [-0.25, -0.2) is 0 Å². The molecule has 2 aliphatic rings. The Morgan fingerprint density at radius 2 is 2.16 bits per heavy atom. The third kappa shape index (κ3) is 2.71. The lowest BCUT2D eigenvalue weighted by Crippen LogP contribution is -2.67. The molecule has 1 aliphatic carbocycles. The highest BCUT2D eigenvalue weighted by molar-refractivity contribution is 5.81. The maximum atomic E-state index is 5.94. The van der Waals surface area contributed by atoms with Crippen LogP contribution in [0, 0.1) is 11.3 Å². The normalized spacial score (nSPS) is 27.8. The van der Waals surface area contributed by atoms with Crippen LogP contribution in [0.1, 0.15) is 26.0 Å². The van der Waals surface area contributed by atoms with Gasteiger partial charge in [-0.3, -0.25) is 4.99 Å². The Kier molecular flexibility index (Phi) is 3.99. The van der Waals surface area contributed by atoms with Crippen molar-refractivity contribution < 1.29 is 9.15 Å². The molecule has 3 unspecified atom stereocenters. The van der Waals surface area contributed by atoms with Crippen molar-refractivity contribution in [2.24, 2.45) is 16.3 Å². The van der Waals surface area contributed by atoms with Gasteiger partial charge in [0.2, 0.25) is 0 Å². The number of fused-ring (bicyclic) bond motifs is 2. The predicted octanol–water partition coefficient (Wildman–Crippen LogP) is 3.25. The lowest BCUT2D eigenvalue weighted by atomic mass is 9.57. The molecule has 1 saturated heterocycles. The van der Waals surface area contributed by atoms with E-state index in [9.17, 15) is 0 Å². The van der Waals surface area contributed by atoms with Gasteiger partial charge in [-0.05, 0) is 18.6 Å². The molecule has 1 saturated carbocycles. The molecular weight excluding hydrogens is 314 g/mol. The van der Waals surface area contributed by atoms with Crippen LogP contribution in [0.5, 0.6) is 0 Å². The van der Waals surface area contributed by atoms with Gasteiger partial charge in [-0.2, -0.15) is 0 Å². The van der Waals surface area contributed by atoms with Crippen LogP contribution in [0.15, 0.2) is 39.7 Å². The number of nitrogens with one attached hydrogen (secondary N) is 1. The molecule has 134 valence electrons. The summed E-state index contributed by atoms with van der Waals surface area (Å²) in [4.78, 5) is 6.61. The fraction of sp³-hybridized carbons (Fsp3) is 0.550. The average molecular weight is 341 g/mol. The molecule has 1 N–H and O–H groups in total. The summed E-state index contributed by atoms with van der Waals surface area (Å²) in [6, 6.07) is 10.6. The van der Waals surface area contributed by atoms with Gasteiger partial charge in [0.25, 0.3) is 0 Å². The van der Waals surface area contributed by atoms with Crippen LogP contribution in [0.2, 0.25) is 0 Å². The minimum Gasteiger partial charge on any atom is -0.459 e. The van der Waals surface area contributed by atoms with Crippen molar-refractivity contribution in [2.45, 2.75) is 39.0 Å². The van der Waals surface area contributed by atoms with Crippen LogP contribution in [-0.4, -0.2) is 43.7 Å². The molecule has 0 amide bonds. The largest absolute Gasteiger partial charge is 0.459 e. The molecule has 25 heavy (non-hydrogen) atoms. The third-order valence-corrected chi connectivity index (χ3v) is 5.83. The summed E-state index contributed by atoms with van der Waals surface area (Å²) in [7, 11) is 3.89. The first-order valence-corrected chi connectivity index (χ1v) is 9.04. The third-order valence-electron chi connectivity index (χ3n) is 5.83. The van der Waals surface area contributed by atoms with Crippen LogP contribution in [-0.2, 0) is 11.3 Å². The second kappa shape index (κ2) is 6.06. The van der Waals surface area contributed by atoms with E-state index >= 15 is 0 Å². The van der Waals surface area contributed by atoms with E-state index in [1.807, 2.05) is 25.2 Å². The summed E-state index contributed by atoms with van der Waals surface area (Å²) in [5, 5.41) is 4.81. The summed E-state index contributed by atoms with van der Waals surface area (Å²) in [5.74, 6) is 2.44. The zero-order valence-corrected chi connectivity index (χ0v) is 15.5. The van der Waals surface area contributed by atoms with E-state index in [1.165, 1.54) is 0 Å². The molecule has 0 bridgehead atoms. The lowest BCUT2D eigenvalue weighted by molar-refractivity contribution is -0.107. The van der Waals surface area contributed by atoms with E-state index < -0.39 is 0 Å². The monoisotopic (exact) mass is 341 g/mol. The number of hydrogen-bond acceptors (Lipinski definition) is 3. The van der Waals surface area contributed by atoms with E-state index in [-0.39, 0.29) is 5.41 Å². The number of benzene rings is 1. The van der Waals surface area contributed by atoms with Crippen molar-refractivity contribution in [3.63, 3.8) is 0 Å². The summed E-state index contributed by atoms with van der Waals surface area (Å²) in [5.41, 5.74) is 1.07. The summed E-state index contributed by atoms with van der Waals surface area (Å²) in [6.07, 6.45) is 1.51. The summed E-state index contributed by atoms with van der Waals surface area (Å²) >= 11 is 0. The van der Waals surface area contributed by atoms with E-state index in [0.717, 1.165) is 35.7 Å². The molecule has 5 heteroatoms. The van der Waals surface area contributed by atoms with Gasteiger partial charge < -0.3 is 19.4 Å². The van der Waals surface area contributed by atoms with Gasteiger partial charge in [0.15, 0.2) is 5.96 Å². The van der Waals surface area contributed by atoms with Crippen LogP contribution in [0.4, 0.5) is 0 Å². The predicted molar refractivity (Wildman–Crippen MR) is 99.6 cm³/mol. The van der Waals surface area contributed by atoms with E-state index in [4.69, 9.17) is 9.15 Å². The molecule has 3 atom stereocenters. The average Bonchev–Trinajstić information content (AvgIpc) is 3.20. The Morgan fingerprint density at radius 1 is 1.36 bits per heavy atom. The molecule has 0 spiro atoms. The topological polar surface area (TPSA) is 50.0 Å². The van der Waals surface area contributed by atoms with Gasteiger partial charge in [-0.1, -0.05) is 32.0 Å². The molecule has 2 heterocycles.